The molecule has 3 heteroatoms. The summed E-state index contributed by atoms with van der Waals surface area (Å²) >= 11 is 0. The molecule has 29 heavy (non-hydrogen) atoms. The van der Waals surface area contributed by atoms with Crippen molar-refractivity contribution >= 4 is 5.91 Å². The van der Waals surface area contributed by atoms with Crippen LogP contribution in [0.1, 0.15) is 79.1 Å². The van der Waals surface area contributed by atoms with Gasteiger partial charge in [0.25, 0.3) is 0 Å². The average molecular weight is 399 g/mol. The third kappa shape index (κ3) is 2.43. The Morgan fingerprint density at radius 1 is 1.14 bits per heavy atom. The summed E-state index contributed by atoms with van der Waals surface area (Å²) in [5, 5.41) is 0. The van der Waals surface area contributed by atoms with E-state index in [-0.39, 0.29) is 5.91 Å². The van der Waals surface area contributed by atoms with Crippen molar-refractivity contribution < 1.29 is 4.79 Å². The Morgan fingerprint density at radius 3 is 2.59 bits per heavy atom. The molecular weight excluding hydrogens is 356 g/mol. The summed E-state index contributed by atoms with van der Waals surface area (Å²) < 4.78 is 0. The summed E-state index contributed by atoms with van der Waals surface area (Å²) in [5.74, 6) is 2.90. The molecule has 1 amide bonds. The predicted molar refractivity (Wildman–Crippen MR) is 118 cm³/mol. The molecule has 8 atom stereocenters. The number of amides is 1. The molecule has 0 aromatic rings. The van der Waals surface area contributed by atoms with Gasteiger partial charge in [-0.1, -0.05) is 25.5 Å². The van der Waals surface area contributed by atoms with Crippen LogP contribution in [0.3, 0.4) is 0 Å². The molecule has 0 aromatic carbocycles. The van der Waals surface area contributed by atoms with Crippen LogP contribution in [0.2, 0.25) is 0 Å². The van der Waals surface area contributed by atoms with Crippen LogP contribution in [0.15, 0.2) is 11.6 Å². The molecule has 4 aliphatic carbocycles. The molecule has 3 nitrogen and oxygen atoms in total. The minimum absolute atomic E-state index is 0.220. The average Bonchev–Trinajstić information content (AvgIpc) is 3.08. The van der Waals surface area contributed by atoms with Gasteiger partial charge in [0.15, 0.2) is 0 Å². The molecule has 1 unspecified atom stereocenters. The molecule has 1 heterocycles. The molecule has 0 aromatic heterocycles. The molecule has 3 saturated carbocycles. The maximum Gasteiger partial charge on any atom is 0.219 e. The lowest BCUT2D eigenvalue weighted by molar-refractivity contribution is -0.130. The van der Waals surface area contributed by atoms with E-state index in [1.165, 1.54) is 51.5 Å². The number of hydrogen-bond acceptors (Lipinski definition) is 2. The second-order valence-corrected chi connectivity index (χ2v) is 12.0. The number of likely N-dealkylation sites (tertiary alicyclic amines) is 1. The summed E-state index contributed by atoms with van der Waals surface area (Å²) in [4.78, 5) is 16.6. The second kappa shape index (κ2) is 6.34. The minimum Gasteiger partial charge on any atom is -0.343 e. The van der Waals surface area contributed by atoms with Gasteiger partial charge in [-0.15, -0.1) is 0 Å². The third-order valence-electron chi connectivity index (χ3n) is 11.6. The zero-order valence-electron chi connectivity index (χ0n) is 19.6. The number of hydrogen-bond donors (Lipinski definition) is 0. The van der Waals surface area contributed by atoms with Crippen LogP contribution >= 0.6 is 0 Å². The van der Waals surface area contributed by atoms with Crippen LogP contribution in [0.4, 0.5) is 0 Å². The first kappa shape index (κ1) is 20.1. The molecule has 1 saturated heterocycles. The fraction of sp³-hybridized carbons (Fsp3) is 0.885. The van der Waals surface area contributed by atoms with Crippen molar-refractivity contribution in [3.63, 3.8) is 0 Å². The first-order chi connectivity index (χ1) is 13.6. The summed E-state index contributed by atoms with van der Waals surface area (Å²) in [5.41, 5.74) is 3.16. The normalized spacial score (nSPS) is 51.5. The number of rotatable bonds is 1. The maximum atomic E-state index is 11.9. The first-order valence-electron chi connectivity index (χ1n) is 12.3. The van der Waals surface area contributed by atoms with Gasteiger partial charge in [-0.25, -0.2) is 0 Å². The van der Waals surface area contributed by atoms with Crippen molar-refractivity contribution in [2.45, 2.75) is 91.1 Å². The maximum absolute atomic E-state index is 11.9. The van der Waals surface area contributed by atoms with Crippen molar-refractivity contribution in [2.24, 2.45) is 34.0 Å². The van der Waals surface area contributed by atoms with Gasteiger partial charge in [-0.05, 0) is 99.3 Å². The lowest BCUT2D eigenvalue weighted by Gasteiger charge is -2.59. The molecular formula is C26H42N2O. The molecule has 162 valence electrons. The van der Waals surface area contributed by atoms with E-state index in [0.717, 1.165) is 30.2 Å². The highest BCUT2D eigenvalue weighted by molar-refractivity contribution is 5.73. The molecule has 5 rings (SSSR count). The van der Waals surface area contributed by atoms with E-state index in [1.807, 2.05) is 11.9 Å². The van der Waals surface area contributed by atoms with Gasteiger partial charge in [0.05, 0.1) is 0 Å². The van der Waals surface area contributed by atoms with E-state index in [0.29, 0.717) is 22.3 Å². The Balaban J connectivity index is 1.44. The van der Waals surface area contributed by atoms with Gasteiger partial charge in [-0.3, -0.25) is 4.79 Å². The molecule has 0 radical (unpaired) electrons. The van der Waals surface area contributed by atoms with E-state index in [1.54, 1.807) is 12.5 Å². The lowest BCUT2D eigenvalue weighted by atomic mass is 9.45. The van der Waals surface area contributed by atoms with Gasteiger partial charge in [0, 0.05) is 32.6 Å². The van der Waals surface area contributed by atoms with E-state index in [2.05, 4.69) is 38.8 Å². The Bertz CT molecular complexity index is 745. The number of fused-ring (bicyclic) bond motifs is 4. The van der Waals surface area contributed by atoms with Gasteiger partial charge in [0.2, 0.25) is 5.91 Å². The second-order valence-electron chi connectivity index (χ2n) is 12.0. The highest BCUT2D eigenvalue weighted by Crippen LogP contribution is 2.72. The van der Waals surface area contributed by atoms with E-state index in [4.69, 9.17) is 0 Å². The Kier molecular flexibility index (Phi) is 4.39. The monoisotopic (exact) mass is 398 g/mol. The smallest absolute Gasteiger partial charge is 0.219 e. The fourth-order valence-corrected chi connectivity index (χ4v) is 9.42. The lowest BCUT2D eigenvalue weighted by Crippen LogP contribution is -2.54. The van der Waals surface area contributed by atoms with Crippen molar-refractivity contribution in [1.82, 2.24) is 9.80 Å². The minimum atomic E-state index is 0.220. The molecule has 0 bridgehead atoms. The Hall–Kier alpha value is -0.830. The molecule has 1 spiro atoms. The van der Waals surface area contributed by atoms with Crippen molar-refractivity contribution in [2.75, 3.05) is 20.6 Å². The molecule has 0 N–H and O–H groups in total. The van der Waals surface area contributed by atoms with Crippen LogP contribution in [0.25, 0.3) is 0 Å². The Morgan fingerprint density at radius 2 is 1.86 bits per heavy atom. The van der Waals surface area contributed by atoms with Crippen molar-refractivity contribution in [3.05, 3.63) is 11.6 Å². The molecule has 4 fully saturated rings. The van der Waals surface area contributed by atoms with Crippen LogP contribution in [0, 0.1) is 34.0 Å². The standard InChI is InChI=1S/C26H42N2O/c1-17-25(4)13-10-23-21-8-7-19-15-20(28(6)18(2)29)9-12-24(19,3)22(21)11-14-26(23,25)16-27(17)5/h7,17,20-23H,8-16H2,1-6H3/t17-,20-,21+,22?,23-,24-,25+,26+/m0/s1. The van der Waals surface area contributed by atoms with Gasteiger partial charge >= 0.3 is 0 Å². The van der Waals surface area contributed by atoms with Gasteiger partial charge in [0.1, 0.15) is 0 Å². The predicted octanol–water partition coefficient (Wildman–Crippen LogP) is 5.12. The number of allylic oxidation sites excluding steroid dienone is 1. The van der Waals surface area contributed by atoms with Crippen molar-refractivity contribution in [3.8, 4) is 0 Å². The van der Waals surface area contributed by atoms with Gasteiger partial charge < -0.3 is 9.80 Å². The van der Waals surface area contributed by atoms with E-state index in [9.17, 15) is 4.79 Å². The number of carbonyl (C=O) groups is 1. The fourth-order valence-electron chi connectivity index (χ4n) is 9.42. The quantitative estimate of drug-likeness (QED) is 0.573. The van der Waals surface area contributed by atoms with Crippen LogP contribution in [0.5, 0.6) is 0 Å². The molecule has 5 aliphatic rings. The SMILES string of the molecule is CC(=O)N(C)[C@H]1CC[C@@]2(C)C(=CC[C@@H]3C2CC[C@]24CN(C)[C@@H](C)[C@@]2(C)CC[C@@H]34)C1. The van der Waals surface area contributed by atoms with Crippen molar-refractivity contribution in [1.29, 1.82) is 0 Å². The van der Waals surface area contributed by atoms with Gasteiger partial charge in [-0.2, -0.15) is 0 Å². The Labute approximate surface area is 178 Å². The third-order valence-corrected chi connectivity index (χ3v) is 11.6. The van der Waals surface area contributed by atoms with E-state index >= 15 is 0 Å². The molecule has 1 aliphatic heterocycles. The highest BCUT2D eigenvalue weighted by atomic mass is 16.2. The van der Waals surface area contributed by atoms with Crippen LogP contribution in [-0.2, 0) is 4.79 Å². The number of carbonyl (C=O) groups excluding carboxylic acids is 1. The van der Waals surface area contributed by atoms with Crippen LogP contribution in [-0.4, -0.2) is 48.4 Å². The highest BCUT2D eigenvalue weighted by Gasteiger charge is 2.68. The summed E-state index contributed by atoms with van der Waals surface area (Å²) in [6.45, 7) is 10.8. The summed E-state index contributed by atoms with van der Waals surface area (Å²) in [6.07, 6.45) is 13.3. The number of nitrogens with zero attached hydrogens (tertiary/aromatic N) is 2. The summed E-state index contributed by atoms with van der Waals surface area (Å²) in [7, 11) is 4.38. The first-order valence-corrected chi connectivity index (χ1v) is 12.3. The van der Waals surface area contributed by atoms with Crippen LogP contribution < -0.4 is 0 Å². The zero-order chi connectivity index (χ0) is 20.8. The zero-order valence-corrected chi connectivity index (χ0v) is 19.6. The topological polar surface area (TPSA) is 23.6 Å². The largest absolute Gasteiger partial charge is 0.343 e. The van der Waals surface area contributed by atoms with E-state index < -0.39 is 0 Å². The summed E-state index contributed by atoms with van der Waals surface area (Å²) in [6, 6.07) is 1.14.